The molecular weight excluding hydrogens is 455 g/mol. The quantitative estimate of drug-likeness (QED) is 0.360. The Kier molecular flexibility index (Phi) is 10.2. The molecule has 146 valence electrons. The summed E-state index contributed by atoms with van der Waals surface area (Å²) in [4.78, 5) is 17.6. The molecule has 1 amide bonds. The van der Waals surface area contributed by atoms with Crippen LogP contribution in [0.15, 0.2) is 4.99 Å². The van der Waals surface area contributed by atoms with E-state index in [9.17, 15) is 4.79 Å². The lowest BCUT2D eigenvalue weighted by Crippen LogP contribution is -2.52. The highest BCUT2D eigenvalue weighted by Crippen LogP contribution is 2.32. The summed E-state index contributed by atoms with van der Waals surface area (Å²) < 4.78 is 10.5. The first-order valence-electron chi connectivity index (χ1n) is 8.55. The van der Waals surface area contributed by atoms with E-state index in [0.717, 1.165) is 51.4 Å². The Bertz CT molecular complexity index is 439. The second-order valence-electron chi connectivity index (χ2n) is 6.30. The van der Waals surface area contributed by atoms with E-state index in [0.29, 0.717) is 19.1 Å². The molecule has 2 heterocycles. The molecule has 7 nitrogen and oxygen atoms in total. The summed E-state index contributed by atoms with van der Waals surface area (Å²) >= 11 is 1.91. The molecule has 0 bridgehead atoms. The van der Waals surface area contributed by atoms with Gasteiger partial charge in [0.05, 0.1) is 7.11 Å². The zero-order valence-corrected chi connectivity index (χ0v) is 18.5. The van der Waals surface area contributed by atoms with Crippen LogP contribution in [0.25, 0.3) is 0 Å². The molecule has 2 fully saturated rings. The zero-order valence-electron chi connectivity index (χ0n) is 15.4. The van der Waals surface area contributed by atoms with E-state index in [1.807, 2.05) is 11.8 Å². The van der Waals surface area contributed by atoms with Crippen molar-refractivity contribution < 1.29 is 14.3 Å². The van der Waals surface area contributed by atoms with Gasteiger partial charge in [-0.25, -0.2) is 4.79 Å². The van der Waals surface area contributed by atoms with Gasteiger partial charge >= 0.3 is 6.09 Å². The maximum Gasteiger partial charge on any atom is 0.409 e. The van der Waals surface area contributed by atoms with E-state index < -0.39 is 0 Å². The highest BCUT2D eigenvalue weighted by molar-refractivity contribution is 14.0. The normalized spacial score (nSPS) is 21.2. The number of carbonyl (C=O) groups is 1. The van der Waals surface area contributed by atoms with E-state index in [1.54, 1.807) is 11.9 Å². The number of likely N-dealkylation sites (tertiary alicyclic amines) is 1. The first kappa shape index (κ1) is 22.6. The van der Waals surface area contributed by atoms with E-state index >= 15 is 0 Å². The minimum Gasteiger partial charge on any atom is -0.453 e. The lowest BCUT2D eigenvalue weighted by Gasteiger charge is -2.37. The van der Waals surface area contributed by atoms with Gasteiger partial charge in [-0.3, -0.25) is 4.99 Å². The molecular formula is C16H31IN4O3S. The molecule has 2 saturated heterocycles. The van der Waals surface area contributed by atoms with E-state index in [1.165, 1.54) is 7.11 Å². The standard InChI is InChI=1S/C16H30N4O3S.HI/c1-17-14(18-12-16(24-3)6-10-23-11-7-16)19-13-4-8-20(9-5-13)15(21)22-2;/h13H,4-12H2,1-3H3,(H2,17,18,19);1H. The number of piperidine rings is 1. The van der Waals surface area contributed by atoms with Gasteiger partial charge in [0, 0.05) is 50.7 Å². The lowest BCUT2D eigenvalue weighted by atomic mass is 9.99. The van der Waals surface area contributed by atoms with Crippen LogP contribution in [0.5, 0.6) is 0 Å². The minimum absolute atomic E-state index is 0. The number of guanidine groups is 1. The summed E-state index contributed by atoms with van der Waals surface area (Å²) in [6.07, 6.45) is 5.86. The molecule has 0 spiro atoms. The molecule has 2 aliphatic heterocycles. The number of halogens is 1. The zero-order chi connectivity index (χ0) is 17.4. The van der Waals surface area contributed by atoms with Gasteiger partial charge in [-0.05, 0) is 31.9 Å². The Morgan fingerprint density at radius 3 is 2.52 bits per heavy atom. The summed E-state index contributed by atoms with van der Waals surface area (Å²) in [5.41, 5.74) is 0. The summed E-state index contributed by atoms with van der Waals surface area (Å²) in [6, 6.07) is 0.331. The van der Waals surface area contributed by atoms with Crippen molar-refractivity contribution >= 4 is 47.8 Å². The Morgan fingerprint density at radius 2 is 2.00 bits per heavy atom. The maximum atomic E-state index is 11.5. The predicted octanol–water partition coefficient (Wildman–Crippen LogP) is 1.91. The SMILES string of the molecule is CN=C(NCC1(SC)CCOCC1)NC1CCN(C(=O)OC)CC1.I. The Balaban J connectivity index is 0.00000312. The van der Waals surface area contributed by atoms with Crippen molar-refractivity contribution in [1.82, 2.24) is 15.5 Å². The lowest BCUT2D eigenvalue weighted by molar-refractivity contribution is 0.0782. The number of thioether (sulfide) groups is 1. The summed E-state index contributed by atoms with van der Waals surface area (Å²) in [5, 5.41) is 6.96. The van der Waals surface area contributed by atoms with Crippen LogP contribution in [0.1, 0.15) is 25.7 Å². The number of ether oxygens (including phenoxy) is 2. The third kappa shape index (κ3) is 6.67. The highest BCUT2D eigenvalue weighted by atomic mass is 127. The molecule has 0 aromatic carbocycles. The van der Waals surface area contributed by atoms with Crippen LogP contribution in [0.2, 0.25) is 0 Å². The fourth-order valence-electron chi connectivity index (χ4n) is 3.16. The molecule has 0 radical (unpaired) electrons. The predicted molar refractivity (Wildman–Crippen MR) is 113 cm³/mol. The molecule has 2 N–H and O–H groups in total. The second-order valence-corrected chi connectivity index (χ2v) is 7.58. The fourth-order valence-corrected chi connectivity index (χ4v) is 3.96. The van der Waals surface area contributed by atoms with Crippen molar-refractivity contribution in [1.29, 1.82) is 0 Å². The average Bonchev–Trinajstić information content (AvgIpc) is 2.65. The molecule has 9 heteroatoms. The molecule has 25 heavy (non-hydrogen) atoms. The van der Waals surface area contributed by atoms with Crippen LogP contribution in [0, 0.1) is 0 Å². The monoisotopic (exact) mass is 486 g/mol. The molecule has 0 atom stereocenters. The van der Waals surface area contributed by atoms with Gasteiger partial charge in [0.2, 0.25) is 0 Å². The van der Waals surface area contributed by atoms with Crippen molar-refractivity contribution in [3.8, 4) is 0 Å². The van der Waals surface area contributed by atoms with Gasteiger partial charge in [0.25, 0.3) is 0 Å². The van der Waals surface area contributed by atoms with Crippen molar-refractivity contribution in [2.45, 2.75) is 36.5 Å². The number of methoxy groups -OCH3 is 1. The van der Waals surface area contributed by atoms with E-state index in [-0.39, 0.29) is 34.8 Å². The van der Waals surface area contributed by atoms with Crippen molar-refractivity contribution in [3.63, 3.8) is 0 Å². The number of carbonyl (C=O) groups excluding carboxylic acids is 1. The number of rotatable bonds is 4. The number of amides is 1. The van der Waals surface area contributed by atoms with E-state index in [2.05, 4.69) is 21.9 Å². The van der Waals surface area contributed by atoms with Gasteiger partial charge in [0.15, 0.2) is 5.96 Å². The Labute approximate surface area is 172 Å². The van der Waals surface area contributed by atoms with E-state index in [4.69, 9.17) is 9.47 Å². The van der Waals surface area contributed by atoms with Crippen molar-refractivity contribution in [3.05, 3.63) is 0 Å². The Morgan fingerprint density at radius 1 is 1.36 bits per heavy atom. The van der Waals surface area contributed by atoms with Gasteiger partial charge in [-0.2, -0.15) is 11.8 Å². The van der Waals surface area contributed by atoms with Crippen LogP contribution >= 0.6 is 35.7 Å². The number of aliphatic imine (C=N–C) groups is 1. The summed E-state index contributed by atoms with van der Waals surface area (Å²) in [7, 11) is 3.23. The first-order valence-corrected chi connectivity index (χ1v) is 9.78. The average molecular weight is 486 g/mol. The molecule has 0 aromatic rings. The number of nitrogens with one attached hydrogen (secondary N) is 2. The second kappa shape index (κ2) is 11.3. The van der Waals surface area contributed by atoms with Gasteiger partial charge in [-0.1, -0.05) is 0 Å². The largest absolute Gasteiger partial charge is 0.453 e. The number of hydrogen-bond donors (Lipinski definition) is 2. The maximum absolute atomic E-state index is 11.5. The molecule has 2 rings (SSSR count). The summed E-state index contributed by atoms with van der Waals surface area (Å²) in [6.45, 7) is 3.99. The van der Waals surface area contributed by atoms with Gasteiger partial charge in [0.1, 0.15) is 0 Å². The highest BCUT2D eigenvalue weighted by Gasteiger charge is 2.32. The number of hydrogen-bond acceptors (Lipinski definition) is 5. The molecule has 0 saturated carbocycles. The smallest absolute Gasteiger partial charge is 0.409 e. The van der Waals surface area contributed by atoms with Crippen LogP contribution in [-0.2, 0) is 9.47 Å². The van der Waals surface area contributed by atoms with Crippen LogP contribution in [0.3, 0.4) is 0 Å². The third-order valence-corrected chi connectivity index (χ3v) is 6.33. The molecule has 0 aromatic heterocycles. The van der Waals surface area contributed by atoms with Crippen molar-refractivity contribution in [2.24, 2.45) is 4.99 Å². The van der Waals surface area contributed by atoms with Gasteiger partial charge < -0.3 is 25.0 Å². The molecule has 0 aliphatic carbocycles. The third-order valence-electron chi connectivity index (χ3n) is 4.91. The molecule has 0 unspecified atom stereocenters. The Hall–Kier alpha value is -0.420. The van der Waals surface area contributed by atoms with Crippen molar-refractivity contribution in [2.75, 3.05) is 53.3 Å². The topological polar surface area (TPSA) is 75.2 Å². The first-order chi connectivity index (χ1) is 11.6. The number of nitrogens with zero attached hydrogens (tertiary/aromatic N) is 2. The van der Waals surface area contributed by atoms with Crippen LogP contribution < -0.4 is 10.6 Å². The minimum atomic E-state index is -0.239. The summed E-state index contributed by atoms with van der Waals surface area (Å²) in [5.74, 6) is 0.839. The van der Waals surface area contributed by atoms with Crippen LogP contribution in [-0.4, -0.2) is 81.0 Å². The van der Waals surface area contributed by atoms with Gasteiger partial charge in [-0.15, -0.1) is 24.0 Å². The van der Waals surface area contributed by atoms with Crippen LogP contribution in [0.4, 0.5) is 4.79 Å². The molecule has 2 aliphatic rings. The fraction of sp³-hybridized carbons (Fsp3) is 0.875.